The molecule has 0 aliphatic carbocycles. The molecule has 0 radical (unpaired) electrons. The fourth-order valence-electron chi connectivity index (χ4n) is 2.58. The Labute approximate surface area is 182 Å². The van der Waals surface area contributed by atoms with Gasteiger partial charge in [0.05, 0.1) is 4.90 Å². The summed E-state index contributed by atoms with van der Waals surface area (Å²) in [6, 6.07) is 7.05. The van der Waals surface area contributed by atoms with Gasteiger partial charge >= 0.3 is 0 Å². The molecule has 0 fully saturated rings. The normalized spacial score (nSPS) is 11.6. The molecule has 0 bridgehead atoms. The monoisotopic (exact) mass is 507 g/mol. The van der Waals surface area contributed by atoms with Crippen molar-refractivity contribution in [1.29, 1.82) is 0 Å². The predicted molar refractivity (Wildman–Crippen MR) is 126 cm³/mol. The predicted octanol–water partition coefficient (Wildman–Crippen LogP) is 3.89. The van der Waals surface area contributed by atoms with Crippen LogP contribution < -0.4 is 5.32 Å². The van der Waals surface area contributed by atoms with Crippen LogP contribution in [0.4, 0.5) is 0 Å². The van der Waals surface area contributed by atoms with E-state index in [0.717, 1.165) is 43.9 Å². The molecule has 0 heterocycles. The quantitative estimate of drug-likeness (QED) is 0.162. The zero-order valence-electron chi connectivity index (χ0n) is 16.8. The van der Waals surface area contributed by atoms with Crippen LogP contribution >= 0.6 is 24.0 Å². The Hall–Kier alpha value is -1.09. The second kappa shape index (κ2) is 14.0. The number of sulfone groups is 1. The number of allylic oxidation sites excluding steroid dienone is 1. The maximum Gasteiger partial charge on any atom is 0.193 e. The first-order valence-electron chi connectivity index (χ1n) is 9.27. The number of hydrogen-bond donors (Lipinski definition) is 1. The molecule has 0 unspecified atom stereocenters. The largest absolute Gasteiger partial charge is 0.357 e. The van der Waals surface area contributed by atoms with Crippen molar-refractivity contribution in [2.45, 2.75) is 43.9 Å². The Morgan fingerprint density at radius 2 is 1.89 bits per heavy atom. The van der Waals surface area contributed by atoms with E-state index in [0.29, 0.717) is 11.4 Å². The highest BCUT2D eigenvalue weighted by molar-refractivity contribution is 14.0. The average molecular weight is 507 g/mol. The van der Waals surface area contributed by atoms with Crippen molar-refractivity contribution in [2.24, 2.45) is 4.99 Å². The first-order chi connectivity index (χ1) is 12.4. The summed E-state index contributed by atoms with van der Waals surface area (Å²) < 4.78 is 23.0. The number of halogens is 1. The van der Waals surface area contributed by atoms with E-state index in [1.165, 1.54) is 19.1 Å². The second-order valence-electron chi connectivity index (χ2n) is 6.46. The van der Waals surface area contributed by atoms with E-state index in [1.807, 2.05) is 18.2 Å². The van der Waals surface area contributed by atoms with Gasteiger partial charge in [-0.1, -0.05) is 24.6 Å². The molecular weight excluding hydrogens is 473 g/mol. The minimum absolute atomic E-state index is 0. The van der Waals surface area contributed by atoms with Gasteiger partial charge in [-0.15, -0.1) is 30.6 Å². The molecule has 7 heteroatoms. The van der Waals surface area contributed by atoms with Crippen molar-refractivity contribution < 1.29 is 8.42 Å². The molecule has 5 nitrogen and oxygen atoms in total. The molecule has 1 aromatic rings. The van der Waals surface area contributed by atoms with E-state index < -0.39 is 9.84 Å². The minimum atomic E-state index is -3.14. The third kappa shape index (κ3) is 10.7. The standard InChI is InChI=1S/C20H33N3O2S.HI/c1-5-7-8-9-10-17-23(3)20(21-6-2)22-16-15-18-11-13-19(14-12-18)26(4,24)25;/h5,11-14H,1,6-10,15-17H2,2-4H3,(H,21,22);1H. The van der Waals surface area contributed by atoms with Crippen molar-refractivity contribution in [2.75, 3.05) is 32.9 Å². The molecule has 0 saturated carbocycles. The lowest BCUT2D eigenvalue weighted by Crippen LogP contribution is -2.39. The lowest BCUT2D eigenvalue weighted by atomic mass is 10.1. The Balaban J connectivity index is 0.00000676. The number of nitrogens with one attached hydrogen (secondary N) is 1. The topological polar surface area (TPSA) is 61.8 Å². The SMILES string of the molecule is C=CCCCCCN(C)C(=NCCc1ccc(S(C)(=O)=O)cc1)NCC.I. The Morgan fingerprint density at radius 1 is 1.22 bits per heavy atom. The van der Waals surface area contributed by atoms with Crippen LogP contribution in [0.5, 0.6) is 0 Å². The molecule has 0 aliphatic rings. The molecule has 1 aromatic carbocycles. The van der Waals surface area contributed by atoms with E-state index in [9.17, 15) is 8.42 Å². The minimum Gasteiger partial charge on any atom is -0.357 e. The van der Waals surface area contributed by atoms with Gasteiger partial charge < -0.3 is 10.2 Å². The molecule has 0 aliphatic heterocycles. The van der Waals surface area contributed by atoms with Crippen LogP contribution in [0.15, 0.2) is 46.8 Å². The summed E-state index contributed by atoms with van der Waals surface area (Å²) in [7, 11) is -1.07. The first-order valence-corrected chi connectivity index (χ1v) is 11.2. The van der Waals surface area contributed by atoms with Gasteiger partial charge in [0.15, 0.2) is 15.8 Å². The van der Waals surface area contributed by atoms with Crippen molar-refractivity contribution in [1.82, 2.24) is 10.2 Å². The third-order valence-corrected chi connectivity index (χ3v) is 5.24. The van der Waals surface area contributed by atoms with Crippen LogP contribution in [-0.4, -0.2) is 52.2 Å². The first kappa shape index (κ1) is 25.9. The van der Waals surface area contributed by atoms with Crippen LogP contribution in [-0.2, 0) is 16.3 Å². The fraction of sp³-hybridized carbons (Fsp3) is 0.550. The lowest BCUT2D eigenvalue weighted by Gasteiger charge is -2.22. The summed E-state index contributed by atoms with van der Waals surface area (Å²) in [5.41, 5.74) is 1.09. The number of unbranched alkanes of at least 4 members (excludes halogenated alkanes) is 3. The summed E-state index contributed by atoms with van der Waals surface area (Å²) >= 11 is 0. The number of nitrogens with zero attached hydrogens (tertiary/aromatic N) is 2. The van der Waals surface area contributed by atoms with Crippen molar-refractivity contribution >= 4 is 39.8 Å². The molecule has 0 aromatic heterocycles. The maximum absolute atomic E-state index is 11.5. The Morgan fingerprint density at radius 3 is 2.44 bits per heavy atom. The lowest BCUT2D eigenvalue weighted by molar-refractivity contribution is 0.455. The van der Waals surface area contributed by atoms with Crippen LogP contribution in [0, 0.1) is 0 Å². The smallest absolute Gasteiger partial charge is 0.193 e. The highest BCUT2D eigenvalue weighted by Gasteiger charge is 2.07. The van der Waals surface area contributed by atoms with E-state index in [-0.39, 0.29) is 24.0 Å². The van der Waals surface area contributed by atoms with E-state index in [1.54, 1.807) is 12.1 Å². The van der Waals surface area contributed by atoms with Crippen LogP contribution in [0.3, 0.4) is 0 Å². The summed E-state index contributed by atoms with van der Waals surface area (Å²) in [4.78, 5) is 7.22. The third-order valence-electron chi connectivity index (χ3n) is 4.11. The summed E-state index contributed by atoms with van der Waals surface area (Å²) in [5.74, 6) is 0.920. The second-order valence-corrected chi connectivity index (χ2v) is 8.48. The zero-order chi connectivity index (χ0) is 19.4. The summed E-state index contributed by atoms with van der Waals surface area (Å²) in [6.07, 6.45) is 8.58. The molecule has 0 amide bonds. The Bertz CT molecular complexity index is 673. The van der Waals surface area contributed by atoms with Crippen LogP contribution in [0.25, 0.3) is 0 Å². The summed E-state index contributed by atoms with van der Waals surface area (Å²) in [5, 5.41) is 3.33. The van der Waals surface area contributed by atoms with Gasteiger partial charge in [0.25, 0.3) is 0 Å². The zero-order valence-corrected chi connectivity index (χ0v) is 19.9. The van der Waals surface area contributed by atoms with Gasteiger partial charge in [0, 0.05) is 32.9 Å². The van der Waals surface area contributed by atoms with Gasteiger partial charge in [-0.05, 0) is 50.3 Å². The number of guanidine groups is 1. The molecule has 1 N–H and O–H groups in total. The molecule has 27 heavy (non-hydrogen) atoms. The molecule has 1 rings (SSSR count). The van der Waals surface area contributed by atoms with Crippen molar-refractivity contribution in [3.05, 3.63) is 42.5 Å². The van der Waals surface area contributed by atoms with Crippen molar-refractivity contribution in [3.63, 3.8) is 0 Å². The van der Waals surface area contributed by atoms with Crippen LogP contribution in [0.2, 0.25) is 0 Å². The average Bonchev–Trinajstić information content (AvgIpc) is 2.60. The van der Waals surface area contributed by atoms with Gasteiger partial charge in [0.2, 0.25) is 0 Å². The Kier molecular flexibility index (Phi) is 13.4. The maximum atomic E-state index is 11.5. The molecular formula is C20H34IN3O2S. The highest BCUT2D eigenvalue weighted by Crippen LogP contribution is 2.11. The van der Waals surface area contributed by atoms with Gasteiger partial charge in [-0.2, -0.15) is 0 Å². The number of benzene rings is 1. The number of rotatable bonds is 11. The fourth-order valence-corrected chi connectivity index (χ4v) is 3.21. The van der Waals surface area contributed by atoms with E-state index in [2.05, 4.69) is 30.8 Å². The molecule has 154 valence electrons. The van der Waals surface area contributed by atoms with Gasteiger partial charge in [-0.3, -0.25) is 4.99 Å². The number of aliphatic imine (C=N–C) groups is 1. The van der Waals surface area contributed by atoms with Crippen molar-refractivity contribution in [3.8, 4) is 0 Å². The van der Waals surface area contributed by atoms with E-state index >= 15 is 0 Å². The van der Waals surface area contributed by atoms with Gasteiger partial charge in [-0.25, -0.2) is 8.42 Å². The molecule has 0 atom stereocenters. The molecule has 0 spiro atoms. The van der Waals surface area contributed by atoms with Gasteiger partial charge in [0.1, 0.15) is 0 Å². The molecule has 0 saturated heterocycles. The van der Waals surface area contributed by atoms with Crippen LogP contribution in [0.1, 0.15) is 38.2 Å². The number of hydrogen-bond acceptors (Lipinski definition) is 3. The van der Waals surface area contributed by atoms with E-state index in [4.69, 9.17) is 4.99 Å². The highest BCUT2D eigenvalue weighted by atomic mass is 127. The summed E-state index contributed by atoms with van der Waals surface area (Å²) in [6.45, 7) is 8.30.